The van der Waals surface area contributed by atoms with Gasteiger partial charge in [0.25, 0.3) is 5.91 Å². The third-order valence-corrected chi connectivity index (χ3v) is 6.13. The molecule has 2 saturated heterocycles. The van der Waals surface area contributed by atoms with Crippen molar-refractivity contribution in [1.29, 1.82) is 0 Å². The summed E-state index contributed by atoms with van der Waals surface area (Å²) in [6.07, 6.45) is 0.497. The summed E-state index contributed by atoms with van der Waals surface area (Å²) in [7, 11) is 1.34. The summed E-state index contributed by atoms with van der Waals surface area (Å²) >= 11 is 0. The summed E-state index contributed by atoms with van der Waals surface area (Å²) in [6.45, 7) is 9.00. The van der Waals surface area contributed by atoms with Crippen LogP contribution in [0.4, 0.5) is 4.79 Å². The zero-order valence-corrected chi connectivity index (χ0v) is 20.7. The van der Waals surface area contributed by atoms with Gasteiger partial charge in [0, 0.05) is 26.1 Å². The van der Waals surface area contributed by atoms with Crippen molar-refractivity contribution in [2.45, 2.75) is 70.7 Å². The zero-order valence-electron chi connectivity index (χ0n) is 20.7. The Hall–Kier alpha value is -2.81. The number of ether oxygens (including phenoxy) is 3. The number of aliphatic hydroxyl groups is 1. The fraction of sp³-hybridized carbons (Fsp3) is 0.640. The number of carbonyl (C=O) groups excluding carboxylic acids is 3. The van der Waals surface area contributed by atoms with Gasteiger partial charge in [-0.15, -0.1) is 0 Å². The molecule has 0 aromatic heterocycles. The lowest BCUT2D eigenvalue weighted by Crippen LogP contribution is -2.42. The fourth-order valence-corrected chi connectivity index (χ4v) is 4.39. The van der Waals surface area contributed by atoms with Crippen LogP contribution in [0.5, 0.6) is 5.75 Å². The summed E-state index contributed by atoms with van der Waals surface area (Å²) in [5.74, 6) is 0.0583. The number of hydrogen-bond acceptors (Lipinski definition) is 7. The van der Waals surface area contributed by atoms with Gasteiger partial charge in [0.2, 0.25) is 0 Å². The molecular weight excluding hydrogens is 440 g/mol. The maximum absolute atomic E-state index is 12.4. The lowest BCUT2D eigenvalue weighted by atomic mass is 9.87. The van der Waals surface area contributed by atoms with Gasteiger partial charge in [0.05, 0.1) is 19.2 Å². The Kier molecular flexibility index (Phi) is 8.07. The van der Waals surface area contributed by atoms with E-state index in [0.29, 0.717) is 56.8 Å². The quantitative estimate of drug-likeness (QED) is 0.652. The Morgan fingerprint density at radius 1 is 1.06 bits per heavy atom. The molecule has 2 aliphatic heterocycles. The topological polar surface area (TPSA) is 106 Å². The minimum atomic E-state index is -1.02. The van der Waals surface area contributed by atoms with Gasteiger partial charge >= 0.3 is 12.1 Å². The monoisotopic (exact) mass is 476 g/mol. The van der Waals surface area contributed by atoms with Gasteiger partial charge in [-0.2, -0.15) is 0 Å². The van der Waals surface area contributed by atoms with Crippen LogP contribution in [0, 0.1) is 0 Å². The molecule has 1 unspecified atom stereocenters. The van der Waals surface area contributed by atoms with Crippen LogP contribution in [-0.4, -0.2) is 84.0 Å². The number of hydrogen-bond donors (Lipinski definition) is 1. The second kappa shape index (κ2) is 10.6. The molecule has 0 radical (unpaired) electrons. The van der Waals surface area contributed by atoms with Gasteiger partial charge in [-0.25, -0.2) is 9.59 Å². The fourth-order valence-electron chi connectivity index (χ4n) is 4.39. The van der Waals surface area contributed by atoms with E-state index in [9.17, 15) is 19.5 Å². The van der Waals surface area contributed by atoms with E-state index >= 15 is 0 Å². The lowest BCUT2D eigenvalue weighted by Gasteiger charge is -2.34. The SMILES string of the molecule is COC(=O)c1ccc(O[C@H]2CCN(C(=O)OC(C)(C)C)C2)c(C2CCN(C(=O)C(C)O)CC2)c1. The van der Waals surface area contributed by atoms with Crippen molar-refractivity contribution in [3.05, 3.63) is 29.3 Å². The molecule has 3 rings (SSSR count). The molecule has 1 aromatic rings. The smallest absolute Gasteiger partial charge is 0.410 e. The largest absolute Gasteiger partial charge is 0.488 e. The first-order valence-corrected chi connectivity index (χ1v) is 11.8. The first kappa shape index (κ1) is 25.8. The van der Waals surface area contributed by atoms with E-state index in [-0.39, 0.29) is 24.0 Å². The Morgan fingerprint density at radius 2 is 1.71 bits per heavy atom. The molecule has 188 valence electrons. The van der Waals surface area contributed by atoms with Crippen LogP contribution < -0.4 is 4.74 Å². The van der Waals surface area contributed by atoms with Crippen molar-refractivity contribution in [3.63, 3.8) is 0 Å². The number of nitrogens with zero attached hydrogens (tertiary/aromatic N) is 2. The molecule has 0 aliphatic carbocycles. The molecule has 0 spiro atoms. The number of esters is 1. The highest BCUT2D eigenvalue weighted by atomic mass is 16.6. The Bertz CT molecular complexity index is 901. The van der Waals surface area contributed by atoms with Crippen LogP contribution in [0.3, 0.4) is 0 Å². The van der Waals surface area contributed by atoms with Gasteiger partial charge in [-0.3, -0.25) is 4.79 Å². The Balaban J connectivity index is 1.73. The molecule has 2 heterocycles. The number of benzene rings is 1. The third-order valence-electron chi connectivity index (χ3n) is 6.13. The minimum absolute atomic E-state index is 0.0843. The van der Waals surface area contributed by atoms with Crippen LogP contribution in [0.15, 0.2) is 18.2 Å². The van der Waals surface area contributed by atoms with Crippen molar-refractivity contribution in [3.8, 4) is 5.75 Å². The van der Waals surface area contributed by atoms with Crippen molar-refractivity contribution in [2.75, 3.05) is 33.3 Å². The second-order valence-electron chi connectivity index (χ2n) is 9.97. The molecule has 2 atom stereocenters. The number of piperidine rings is 1. The Labute approximate surface area is 200 Å². The summed E-state index contributed by atoms with van der Waals surface area (Å²) in [4.78, 5) is 40.0. The molecular formula is C25H36N2O7. The third kappa shape index (κ3) is 6.40. The normalized spacial score (nSPS) is 20.1. The van der Waals surface area contributed by atoms with Crippen LogP contribution in [-0.2, 0) is 14.3 Å². The molecule has 34 heavy (non-hydrogen) atoms. The average molecular weight is 477 g/mol. The number of likely N-dealkylation sites (tertiary alicyclic amines) is 2. The van der Waals surface area contributed by atoms with E-state index in [4.69, 9.17) is 14.2 Å². The van der Waals surface area contributed by atoms with Gasteiger partial charge in [0.1, 0.15) is 23.6 Å². The summed E-state index contributed by atoms with van der Waals surface area (Å²) in [5.41, 5.74) is 0.772. The number of methoxy groups -OCH3 is 1. The highest BCUT2D eigenvalue weighted by molar-refractivity contribution is 5.89. The van der Waals surface area contributed by atoms with E-state index in [1.165, 1.54) is 14.0 Å². The van der Waals surface area contributed by atoms with Crippen molar-refractivity contribution < 1.29 is 33.7 Å². The molecule has 0 saturated carbocycles. The maximum Gasteiger partial charge on any atom is 0.410 e. The van der Waals surface area contributed by atoms with Crippen LogP contribution in [0.1, 0.15) is 68.8 Å². The van der Waals surface area contributed by atoms with Crippen LogP contribution in [0.2, 0.25) is 0 Å². The predicted molar refractivity (Wildman–Crippen MR) is 125 cm³/mol. The highest BCUT2D eigenvalue weighted by Gasteiger charge is 2.33. The van der Waals surface area contributed by atoms with E-state index < -0.39 is 17.7 Å². The lowest BCUT2D eigenvalue weighted by molar-refractivity contribution is -0.140. The molecule has 1 N–H and O–H groups in total. The molecule has 2 aliphatic rings. The van der Waals surface area contributed by atoms with Crippen LogP contribution >= 0.6 is 0 Å². The predicted octanol–water partition coefficient (Wildman–Crippen LogP) is 2.95. The summed E-state index contributed by atoms with van der Waals surface area (Å²) in [6, 6.07) is 5.26. The standard InChI is InChI=1S/C25H36N2O7/c1-16(28)22(29)26-11-8-17(9-12-26)20-14-18(23(30)32-5)6-7-21(20)33-19-10-13-27(15-19)24(31)34-25(2,3)4/h6-7,14,16-17,19,28H,8-13,15H2,1-5H3/t16?,19-/m0/s1. The number of aliphatic hydroxyl groups excluding tert-OH is 1. The zero-order chi connectivity index (χ0) is 25.0. The summed E-state index contributed by atoms with van der Waals surface area (Å²) < 4.78 is 16.7. The van der Waals surface area contributed by atoms with Crippen LogP contribution in [0.25, 0.3) is 0 Å². The number of amides is 2. The van der Waals surface area contributed by atoms with Gasteiger partial charge in [0.15, 0.2) is 0 Å². The Morgan fingerprint density at radius 3 is 2.29 bits per heavy atom. The number of carbonyl (C=O) groups is 3. The molecule has 9 nitrogen and oxygen atoms in total. The minimum Gasteiger partial charge on any atom is -0.488 e. The van der Waals surface area contributed by atoms with Crippen molar-refractivity contribution in [2.24, 2.45) is 0 Å². The number of rotatable bonds is 5. The molecule has 9 heteroatoms. The molecule has 2 amide bonds. The van der Waals surface area contributed by atoms with Gasteiger partial charge in [-0.05, 0) is 70.2 Å². The van der Waals surface area contributed by atoms with Crippen molar-refractivity contribution in [1.82, 2.24) is 9.80 Å². The molecule has 2 fully saturated rings. The van der Waals surface area contributed by atoms with Crippen molar-refractivity contribution >= 4 is 18.0 Å². The van der Waals surface area contributed by atoms with Gasteiger partial charge < -0.3 is 29.1 Å². The van der Waals surface area contributed by atoms with E-state index in [1.807, 2.05) is 20.8 Å². The molecule has 0 bridgehead atoms. The maximum atomic E-state index is 12.4. The van der Waals surface area contributed by atoms with E-state index in [0.717, 1.165) is 5.56 Å². The highest BCUT2D eigenvalue weighted by Crippen LogP contribution is 2.36. The molecule has 1 aromatic carbocycles. The van der Waals surface area contributed by atoms with E-state index in [2.05, 4.69) is 0 Å². The average Bonchev–Trinajstić information content (AvgIpc) is 3.26. The summed E-state index contributed by atoms with van der Waals surface area (Å²) in [5, 5.41) is 9.61. The van der Waals surface area contributed by atoms with Gasteiger partial charge in [-0.1, -0.05) is 0 Å². The second-order valence-corrected chi connectivity index (χ2v) is 9.97. The first-order valence-electron chi connectivity index (χ1n) is 11.8. The van der Waals surface area contributed by atoms with E-state index in [1.54, 1.807) is 28.0 Å². The first-order chi connectivity index (χ1) is 16.0.